The van der Waals surface area contributed by atoms with Crippen LogP contribution < -0.4 is 9.62 Å². The molecule has 1 N–H and O–H groups in total. The Morgan fingerprint density at radius 2 is 1.67 bits per heavy atom. The van der Waals surface area contributed by atoms with Gasteiger partial charge in [0.1, 0.15) is 6.54 Å². The number of carbonyl (C=O) groups excluding carboxylic acids is 1. The molecule has 0 aliphatic carbocycles. The lowest BCUT2D eigenvalue weighted by Gasteiger charge is -2.26. The summed E-state index contributed by atoms with van der Waals surface area (Å²) in [6.07, 6.45) is 1.60. The maximum Gasteiger partial charge on any atom is 0.264 e. The van der Waals surface area contributed by atoms with Gasteiger partial charge in [0.15, 0.2) is 0 Å². The third kappa shape index (κ3) is 6.59. The van der Waals surface area contributed by atoms with E-state index in [1.54, 1.807) is 49.4 Å². The Hall–Kier alpha value is -2.83. The number of hydrogen-bond acceptors (Lipinski definition) is 3. The molecule has 0 aliphatic rings. The van der Waals surface area contributed by atoms with E-state index in [1.807, 2.05) is 26.0 Å². The zero-order chi connectivity index (χ0) is 24.0. The topological polar surface area (TPSA) is 66.5 Å². The number of rotatable bonds is 9. The summed E-state index contributed by atoms with van der Waals surface area (Å²) >= 11 is 6.07. The molecule has 0 fully saturated rings. The Labute approximate surface area is 201 Å². The van der Waals surface area contributed by atoms with E-state index in [4.69, 9.17) is 11.6 Å². The molecule has 0 bridgehead atoms. The zero-order valence-electron chi connectivity index (χ0n) is 19.1. The van der Waals surface area contributed by atoms with Gasteiger partial charge in [-0.05, 0) is 75.1 Å². The van der Waals surface area contributed by atoms with Crippen LogP contribution in [0.5, 0.6) is 0 Å². The van der Waals surface area contributed by atoms with Crippen LogP contribution in [0.25, 0.3) is 0 Å². The van der Waals surface area contributed by atoms with Gasteiger partial charge < -0.3 is 5.32 Å². The van der Waals surface area contributed by atoms with Gasteiger partial charge in [0, 0.05) is 11.6 Å². The molecule has 3 rings (SSSR count). The third-order valence-corrected chi connectivity index (χ3v) is 7.38. The molecule has 0 aliphatic heterocycles. The molecule has 7 heteroatoms. The molecular formula is C26H29ClN2O3S. The van der Waals surface area contributed by atoms with E-state index in [2.05, 4.69) is 17.4 Å². The highest BCUT2D eigenvalue weighted by molar-refractivity contribution is 7.92. The van der Waals surface area contributed by atoms with E-state index < -0.39 is 10.0 Å². The van der Waals surface area contributed by atoms with Gasteiger partial charge in [-0.3, -0.25) is 9.10 Å². The quantitative estimate of drug-likeness (QED) is 0.424. The van der Waals surface area contributed by atoms with Crippen molar-refractivity contribution in [2.75, 3.05) is 17.4 Å². The molecule has 5 nitrogen and oxygen atoms in total. The molecule has 0 radical (unpaired) electrons. The summed E-state index contributed by atoms with van der Waals surface area (Å²) in [6.45, 7) is 5.86. The molecule has 0 saturated heterocycles. The molecular weight excluding hydrogens is 456 g/mol. The average Bonchev–Trinajstić information content (AvgIpc) is 2.76. The number of sulfonamides is 1. The number of halogens is 1. The van der Waals surface area contributed by atoms with Crippen LogP contribution >= 0.6 is 11.6 Å². The van der Waals surface area contributed by atoms with Crippen LogP contribution in [-0.2, 0) is 21.2 Å². The van der Waals surface area contributed by atoms with Gasteiger partial charge >= 0.3 is 0 Å². The second kappa shape index (κ2) is 10.9. The first kappa shape index (κ1) is 24.8. The van der Waals surface area contributed by atoms with Gasteiger partial charge in [-0.1, -0.05) is 59.1 Å². The highest BCUT2D eigenvalue weighted by Gasteiger charge is 2.28. The largest absolute Gasteiger partial charge is 0.355 e. The van der Waals surface area contributed by atoms with E-state index in [-0.39, 0.29) is 17.3 Å². The molecule has 3 aromatic rings. The van der Waals surface area contributed by atoms with E-state index in [0.717, 1.165) is 22.7 Å². The Morgan fingerprint density at radius 3 is 2.33 bits per heavy atom. The average molecular weight is 485 g/mol. The van der Waals surface area contributed by atoms with Crippen LogP contribution in [-0.4, -0.2) is 27.4 Å². The number of hydrogen-bond donors (Lipinski definition) is 1. The summed E-state index contributed by atoms with van der Waals surface area (Å²) in [4.78, 5) is 12.9. The van der Waals surface area contributed by atoms with Crippen molar-refractivity contribution in [1.82, 2.24) is 5.32 Å². The highest BCUT2D eigenvalue weighted by Crippen LogP contribution is 2.29. The smallest absolute Gasteiger partial charge is 0.264 e. The molecule has 3 aromatic carbocycles. The maximum absolute atomic E-state index is 13.5. The summed E-state index contributed by atoms with van der Waals surface area (Å²) in [5.41, 5.74) is 4.46. The minimum Gasteiger partial charge on any atom is -0.355 e. The SMILES string of the molecule is Cc1ccc(S(=O)(=O)N(CC(=O)NCCCc2cccc(C)c2)c2ccc(Cl)cc2C)cc1. The van der Waals surface area contributed by atoms with Gasteiger partial charge in [0.2, 0.25) is 5.91 Å². The van der Waals surface area contributed by atoms with Gasteiger partial charge in [0.05, 0.1) is 10.6 Å². The summed E-state index contributed by atoms with van der Waals surface area (Å²) in [5.74, 6) is -0.357. The first-order chi connectivity index (χ1) is 15.7. The van der Waals surface area contributed by atoms with Crippen LogP contribution in [0.15, 0.2) is 71.6 Å². The van der Waals surface area contributed by atoms with Crippen LogP contribution in [0, 0.1) is 20.8 Å². The molecule has 0 heterocycles. The van der Waals surface area contributed by atoms with E-state index in [0.29, 0.717) is 22.8 Å². The maximum atomic E-state index is 13.5. The lowest BCUT2D eigenvalue weighted by molar-refractivity contribution is -0.119. The second-order valence-corrected chi connectivity index (χ2v) is 10.5. The van der Waals surface area contributed by atoms with Crippen molar-refractivity contribution in [3.05, 3.63) is 94.0 Å². The van der Waals surface area contributed by atoms with E-state index in [1.165, 1.54) is 11.1 Å². The van der Waals surface area contributed by atoms with Crippen LogP contribution in [0.1, 0.15) is 28.7 Å². The third-order valence-electron chi connectivity index (χ3n) is 5.37. The van der Waals surface area contributed by atoms with Crippen molar-refractivity contribution in [1.29, 1.82) is 0 Å². The van der Waals surface area contributed by atoms with Gasteiger partial charge in [-0.15, -0.1) is 0 Å². The summed E-state index contributed by atoms with van der Waals surface area (Å²) in [6, 6.07) is 19.8. The molecule has 0 unspecified atom stereocenters. The van der Waals surface area contributed by atoms with Gasteiger partial charge in [0.25, 0.3) is 10.0 Å². The first-order valence-corrected chi connectivity index (χ1v) is 12.7. The first-order valence-electron chi connectivity index (χ1n) is 10.8. The number of nitrogens with one attached hydrogen (secondary N) is 1. The molecule has 0 atom stereocenters. The van der Waals surface area contributed by atoms with Crippen molar-refractivity contribution < 1.29 is 13.2 Å². The summed E-state index contributed by atoms with van der Waals surface area (Å²) < 4.78 is 28.1. The van der Waals surface area contributed by atoms with Crippen molar-refractivity contribution >= 4 is 33.2 Å². The molecule has 0 spiro atoms. The van der Waals surface area contributed by atoms with E-state index >= 15 is 0 Å². The fourth-order valence-corrected chi connectivity index (χ4v) is 5.32. The van der Waals surface area contributed by atoms with E-state index in [9.17, 15) is 13.2 Å². The zero-order valence-corrected chi connectivity index (χ0v) is 20.7. The van der Waals surface area contributed by atoms with Gasteiger partial charge in [-0.25, -0.2) is 8.42 Å². The number of amides is 1. The number of benzene rings is 3. The lowest BCUT2D eigenvalue weighted by Crippen LogP contribution is -2.41. The second-order valence-electron chi connectivity index (χ2n) is 8.20. The van der Waals surface area contributed by atoms with Crippen LogP contribution in [0.4, 0.5) is 5.69 Å². The van der Waals surface area contributed by atoms with Crippen LogP contribution in [0.2, 0.25) is 5.02 Å². The Bertz CT molecular complexity index is 1220. The normalized spacial score (nSPS) is 11.3. The summed E-state index contributed by atoms with van der Waals surface area (Å²) in [7, 11) is -3.95. The number of anilines is 1. The molecule has 1 amide bonds. The number of carbonyl (C=O) groups is 1. The monoisotopic (exact) mass is 484 g/mol. The Kier molecular flexibility index (Phi) is 8.16. The number of aryl methyl sites for hydroxylation is 4. The van der Waals surface area contributed by atoms with Crippen molar-refractivity contribution in [3.8, 4) is 0 Å². The minimum atomic E-state index is -3.95. The predicted molar refractivity (Wildman–Crippen MR) is 134 cm³/mol. The molecule has 0 saturated carbocycles. The summed E-state index contributed by atoms with van der Waals surface area (Å²) in [5, 5.41) is 3.36. The fourth-order valence-electron chi connectivity index (χ4n) is 3.61. The van der Waals surface area contributed by atoms with Crippen LogP contribution in [0.3, 0.4) is 0 Å². The minimum absolute atomic E-state index is 0.134. The highest BCUT2D eigenvalue weighted by atomic mass is 35.5. The Morgan fingerprint density at radius 1 is 0.939 bits per heavy atom. The molecule has 0 aromatic heterocycles. The lowest BCUT2D eigenvalue weighted by atomic mass is 10.1. The predicted octanol–water partition coefficient (Wildman–Crippen LogP) is 5.21. The van der Waals surface area contributed by atoms with Crippen molar-refractivity contribution in [2.45, 2.75) is 38.5 Å². The molecule has 33 heavy (non-hydrogen) atoms. The van der Waals surface area contributed by atoms with Crippen molar-refractivity contribution in [2.24, 2.45) is 0 Å². The number of nitrogens with zero attached hydrogens (tertiary/aromatic N) is 1. The van der Waals surface area contributed by atoms with Crippen molar-refractivity contribution in [3.63, 3.8) is 0 Å². The molecule has 174 valence electrons. The standard InChI is InChI=1S/C26H29ClN2O3S/c1-19-9-12-24(13-10-19)33(31,32)29(25-14-11-23(27)17-21(25)3)18-26(30)28-15-5-8-22-7-4-6-20(2)16-22/h4,6-7,9-14,16-17H,5,8,15,18H2,1-3H3,(H,28,30). The Balaban J connectivity index is 1.75. The van der Waals surface area contributed by atoms with Gasteiger partial charge in [-0.2, -0.15) is 0 Å². The fraction of sp³-hybridized carbons (Fsp3) is 0.269.